The molecule has 1 amide bonds. The number of carbonyl (C=O) groups is 1. The molecule has 2 fully saturated rings. The smallest absolute Gasteiger partial charge is 0.243 e. The molecule has 1 aliphatic carbocycles. The normalized spacial score (nSPS) is 18.2. The van der Waals surface area contributed by atoms with Gasteiger partial charge in [-0.25, -0.2) is 8.42 Å². The van der Waals surface area contributed by atoms with E-state index in [0.29, 0.717) is 18.8 Å². The third kappa shape index (κ3) is 4.04. The summed E-state index contributed by atoms with van der Waals surface area (Å²) in [6.45, 7) is 6.40. The fourth-order valence-electron chi connectivity index (χ4n) is 3.48. The van der Waals surface area contributed by atoms with Gasteiger partial charge in [-0.3, -0.25) is 4.79 Å². The second-order valence-corrected chi connectivity index (χ2v) is 9.02. The Morgan fingerprint density at radius 2 is 1.81 bits per heavy atom. The van der Waals surface area contributed by atoms with Gasteiger partial charge in [0, 0.05) is 32.1 Å². The summed E-state index contributed by atoms with van der Waals surface area (Å²) in [4.78, 5) is 14.8. The molecule has 1 saturated carbocycles. The summed E-state index contributed by atoms with van der Waals surface area (Å²) < 4.78 is 27.2. The van der Waals surface area contributed by atoms with E-state index in [-0.39, 0.29) is 16.7 Å². The molecule has 7 heteroatoms. The van der Waals surface area contributed by atoms with E-state index in [9.17, 15) is 13.2 Å². The Labute approximate surface area is 156 Å². The first-order valence-electron chi connectivity index (χ1n) is 9.67. The van der Waals surface area contributed by atoms with Crippen LogP contribution in [0.1, 0.15) is 46.0 Å². The second-order valence-electron chi connectivity index (χ2n) is 7.08. The van der Waals surface area contributed by atoms with Crippen LogP contribution in [0.15, 0.2) is 23.1 Å². The quantitative estimate of drug-likeness (QED) is 0.790. The summed E-state index contributed by atoms with van der Waals surface area (Å²) >= 11 is 0. The molecule has 0 bridgehead atoms. The first kappa shape index (κ1) is 19.2. The molecule has 3 rings (SSSR count). The number of hydrogen-bond acceptors (Lipinski definition) is 4. The fraction of sp³-hybridized carbons (Fsp3) is 0.632. The Kier molecular flexibility index (Phi) is 5.87. The van der Waals surface area contributed by atoms with E-state index in [1.54, 1.807) is 12.1 Å². The van der Waals surface area contributed by atoms with E-state index in [1.807, 2.05) is 19.9 Å². The number of amides is 1. The molecule has 0 unspecified atom stereocenters. The van der Waals surface area contributed by atoms with Gasteiger partial charge < -0.3 is 10.2 Å². The van der Waals surface area contributed by atoms with Crippen LogP contribution < -0.4 is 10.2 Å². The maximum Gasteiger partial charge on any atom is 0.243 e. The minimum atomic E-state index is -3.55. The van der Waals surface area contributed by atoms with Crippen LogP contribution >= 0.6 is 0 Å². The van der Waals surface area contributed by atoms with Crippen LogP contribution in [0.4, 0.5) is 11.4 Å². The predicted molar refractivity (Wildman–Crippen MR) is 104 cm³/mol. The number of benzene rings is 1. The van der Waals surface area contributed by atoms with Crippen molar-refractivity contribution < 1.29 is 13.2 Å². The second kappa shape index (κ2) is 7.96. The average molecular weight is 380 g/mol. The van der Waals surface area contributed by atoms with Crippen molar-refractivity contribution in [2.75, 3.05) is 36.4 Å². The number of anilines is 2. The standard InChI is InChI=1S/C19H29N3O3S/c1-3-22(4-2)26(24,25)16-10-11-18(21-12-6-5-7-13-21)17(14-16)20-19(23)15-8-9-15/h10-11,14-15H,3-9,12-13H2,1-2H3,(H,20,23). The van der Waals surface area contributed by atoms with Gasteiger partial charge in [0.1, 0.15) is 0 Å². The van der Waals surface area contributed by atoms with Crippen LogP contribution in [0.5, 0.6) is 0 Å². The summed E-state index contributed by atoms with van der Waals surface area (Å²) in [5.41, 5.74) is 1.55. The molecule has 0 aromatic heterocycles. The van der Waals surface area contributed by atoms with E-state index in [1.165, 1.54) is 10.7 Å². The zero-order valence-electron chi connectivity index (χ0n) is 15.7. The van der Waals surface area contributed by atoms with Crippen molar-refractivity contribution in [1.29, 1.82) is 0 Å². The van der Waals surface area contributed by atoms with Gasteiger partial charge in [-0.15, -0.1) is 0 Å². The highest BCUT2D eigenvalue weighted by atomic mass is 32.2. The highest BCUT2D eigenvalue weighted by Crippen LogP contribution is 2.35. The number of nitrogens with zero attached hydrogens (tertiary/aromatic N) is 2. The highest BCUT2D eigenvalue weighted by Gasteiger charge is 2.31. The van der Waals surface area contributed by atoms with Gasteiger partial charge in [0.15, 0.2) is 0 Å². The molecular formula is C19H29N3O3S. The molecule has 1 saturated heterocycles. The third-order valence-corrected chi connectivity index (χ3v) is 7.26. The van der Waals surface area contributed by atoms with Crippen LogP contribution in [0.2, 0.25) is 0 Å². The molecule has 1 heterocycles. The molecule has 1 aromatic rings. The summed E-state index contributed by atoms with van der Waals surface area (Å²) in [6.07, 6.45) is 5.30. The Bertz CT molecular complexity index is 749. The Hall–Kier alpha value is -1.60. The molecule has 0 spiro atoms. The summed E-state index contributed by atoms with van der Waals surface area (Å²) in [6, 6.07) is 5.16. The number of sulfonamides is 1. The summed E-state index contributed by atoms with van der Waals surface area (Å²) in [5.74, 6) is 0.0768. The zero-order valence-corrected chi connectivity index (χ0v) is 16.5. The van der Waals surface area contributed by atoms with Crippen LogP contribution in [-0.4, -0.2) is 44.8 Å². The van der Waals surface area contributed by atoms with E-state index >= 15 is 0 Å². The maximum atomic E-state index is 12.9. The molecule has 1 aliphatic heterocycles. The van der Waals surface area contributed by atoms with Crippen molar-refractivity contribution in [2.24, 2.45) is 5.92 Å². The number of hydrogen-bond donors (Lipinski definition) is 1. The average Bonchev–Trinajstić information content (AvgIpc) is 3.48. The number of nitrogens with one attached hydrogen (secondary N) is 1. The minimum absolute atomic E-state index is 0.000599. The van der Waals surface area contributed by atoms with Crippen LogP contribution in [0.25, 0.3) is 0 Å². The zero-order chi connectivity index (χ0) is 18.7. The highest BCUT2D eigenvalue weighted by molar-refractivity contribution is 7.89. The van der Waals surface area contributed by atoms with Crippen molar-refractivity contribution >= 4 is 27.3 Å². The lowest BCUT2D eigenvalue weighted by molar-refractivity contribution is -0.117. The molecule has 26 heavy (non-hydrogen) atoms. The first-order chi connectivity index (χ1) is 12.5. The van der Waals surface area contributed by atoms with E-state index in [4.69, 9.17) is 0 Å². The number of rotatable bonds is 7. The van der Waals surface area contributed by atoms with Crippen molar-refractivity contribution in [3.63, 3.8) is 0 Å². The van der Waals surface area contributed by atoms with Gasteiger partial charge in [0.2, 0.25) is 15.9 Å². The molecule has 0 radical (unpaired) electrons. The molecule has 1 N–H and O–H groups in total. The van der Waals surface area contributed by atoms with Crippen LogP contribution in [0, 0.1) is 5.92 Å². The largest absolute Gasteiger partial charge is 0.370 e. The third-order valence-electron chi connectivity index (χ3n) is 5.21. The summed E-state index contributed by atoms with van der Waals surface area (Å²) in [7, 11) is -3.55. The Morgan fingerprint density at radius 1 is 1.15 bits per heavy atom. The molecule has 1 aromatic carbocycles. The van der Waals surface area contributed by atoms with Crippen molar-refractivity contribution in [2.45, 2.75) is 50.8 Å². The molecule has 0 atom stereocenters. The Balaban J connectivity index is 1.96. The lowest BCUT2D eigenvalue weighted by atomic mass is 10.1. The monoisotopic (exact) mass is 379 g/mol. The van der Waals surface area contributed by atoms with Gasteiger partial charge in [-0.1, -0.05) is 13.8 Å². The van der Waals surface area contributed by atoms with Crippen LogP contribution in [0.3, 0.4) is 0 Å². The Morgan fingerprint density at radius 3 is 2.38 bits per heavy atom. The van der Waals surface area contributed by atoms with Gasteiger partial charge >= 0.3 is 0 Å². The molecule has 6 nitrogen and oxygen atoms in total. The first-order valence-corrected chi connectivity index (χ1v) is 11.1. The predicted octanol–water partition coefficient (Wildman–Crippen LogP) is 3.06. The molecule has 144 valence electrons. The SMILES string of the molecule is CCN(CC)S(=O)(=O)c1ccc(N2CCCCC2)c(NC(=O)C2CC2)c1. The van der Waals surface area contributed by atoms with Crippen LogP contribution in [-0.2, 0) is 14.8 Å². The van der Waals surface area contributed by atoms with Gasteiger partial charge in [0.25, 0.3) is 0 Å². The fourth-order valence-corrected chi connectivity index (χ4v) is 4.96. The van der Waals surface area contributed by atoms with E-state index < -0.39 is 10.0 Å². The van der Waals surface area contributed by atoms with E-state index in [0.717, 1.165) is 44.5 Å². The maximum absolute atomic E-state index is 12.9. The lowest BCUT2D eigenvalue weighted by Gasteiger charge is -2.31. The molecule has 2 aliphatic rings. The van der Waals surface area contributed by atoms with Crippen molar-refractivity contribution in [1.82, 2.24) is 4.31 Å². The van der Waals surface area contributed by atoms with Crippen molar-refractivity contribution in [3.8, 4) is 0 Å². The van der Waals surface area contributed by atoms with Crippen molar-refractivity contribution in [3.05, 3.63) is 18.2 Å². The molecular weight excluding hydrogens is 350 g/mol. The topological polar surface area (TPSA) is 69.7 Å². The number of piperidine rings is 1. The van der Waals surface area contributed by atoms with E-state index in [2.05, 4.69) is 10.2 Å². The van der Waals surface area contributed by atoms with Gasteiger partial charge in [-0.2, -0.15) is 4.31 Å². The number of carbonyl (C=O) groups excluding carboxylic acids is 1. The lowest BCUT2D eigenvalue weighted by Crippen LogP contribution is -2.32. The summed E-state index contributed by atoms with van der Waals surface area (Å²) in [5, 5.41) is 2.99. The van der Waals surface area contributed by atoms with Gasteiger partial charge in [0.05, 0.1) is 16.3 Å². The van der Waals surface area contributed by atoms with Gasteiger partial charge in [-0.05, 0) is 50.3 Å². The minimum Gasteiger partial charge on any atom is -0.370 e.